The van der Waals surface area contributed by atoms with Gasteiger partial charge in [-0.15, -0.1) is 12.4 Å². The van der Waals surface area contributed by atoms with Crippen LogP contribution in [0.3, 0.4) is 0 Å². The van der Waals surface area contributed by atoms with E-state index in [2.05, 4.69) is 31.9 Å². The van der Waals surface area contributed by atoms with E-state index in [0.717, 1.165) is 16.6 Å². The fourth-order valence-corrected chi connectivity index (χ4v) is 2.40. The molecule has 0 saturated carbocycles. The molecule has 0 heterocycles. The first-order valence-electron chi connectivity index (χ1n) is 7.45. The van der Waals surface area contributed by atoms with Gasteiger partial charge in [0.1, 0.15) is 0 Å². The van der Waals surface area contributed by atoms with Crippen LogP contribution in [0.4, 0.5) is 0 Å². The molecule has 0 aliphatic rings. The Kier molecular flexibility index (Phi) is 10.9. The van der Waals surface area contributed by atoms with Crippen molar-refractivity contribution in [1.82, 2.24) is 16.0 Å². The molecule has 2 atom stereocenters. The monoisotopic (exact) mass is 405 g/mol. The van der Waals surface area contributed by atoms with E-state index in [9.17, 15) is 9.59 Å². The fourth-order valence-electron chi connectivity index (χ4n) is 2.14. The van der Waals surface area contributed by atoms with Crippen LogP contribution in [0.5, 0.6) is 0 Å². The number of benzene rings is 1. The third-order valence-corrected chi connectivity index (χ3v) is 3.73. The molecule has 23 heavy (non-hydrogen) atoms. The molecular weight excluding hydrogens is 382 g/mol. The van der Waals surface area contributed by atoms with Crippen molar-refractivity contribution in [2.45, 2.75) is 39.3 Å². The highest BCUT2D eigenvalue weighted by atomic mass is 79.9. The van der Waals surface area contributed by atoms with Gasteiger partial charge >= 0.3 is 0 Å². The Morgan fingerprint density at radius 1 is 1.22 bits per heavy atom. The molecule has 1 rings (SSSR count). The highest BCUT2D eigenvalue weighted by Crippen LogP contribution is 2.19. The van der Waals surface area contributed by atoms with Gasteiger partial charge in [0.15, 0.2) is 0 Å². The lowest BCUT2D eigenvalue weighted by Gasteiger charge is -2.19. The Morgan fingerprint density at radius 2 is 1.83 bits per heavy atom. The van der Waals surface area contributed by atoms with E-state index in [4.69, 9.17) is 0 Å². The number of hydrogen-bond donors (Lipinski definition) is 3. The van der Waals surface area contributed by atoms with E-state index in [0.29, 0.717) is 6.54 Å². The third kappa shape index (κ3) is 8.93. The highest BCUT2D eigenvalue weighted by Gasteiger charge is 2.17. The lowest BCUT2D eigenvalue weighted by molar-refractivity contribution is -0.122. The Balaban J connectivity index is 0.00000484. The van der Waals surface area contributed by atoms with Crippen molar-refractivity contribution in [2.75, 3.05) is 13.1 Å². The fraction of sp³-hybridized carbons (Fsp3) is 0.500. The number of carbonyl (C=O) groups is 2. The summed E-state index contributed by atoms with van der Waals surface area (Å²) in [4.78, 5) is 23.4. The molecule has 2 amide bonds. The molecule has 5 nitrogen and oxygen atoms in total. The Morgan fingerprint density at radius 3 is 2.35 bits per heavy atom. The van der Waals surface area contributed by atoms with Crippen molar-refractivity contribution in [3.8, 4) is 0 Å². The highest BCUT2D eigenvalue weighted by molar-refractivity contribution is 9.10. The molecule has 0 bridgehead atoms. The Bertz CT molecular complexity index is 497. The van der Waals surface area contributed by atoms with Crippen molar-refractivity contribution in [3.63, 3.8) is 0 Å². The molecule has 0 aromatic heterocycles. The van der Waals surface area contributed by atoms with Gasteiger partial charge in [-0.3, -0.25) is 9.59 Å². The SMILES string of the molecule is CCN[C@H](C)CNC(=O)CC(NC(C)=O)c1ccc(Br)cc1.Cl. The van der Waals surface area contributed by atoms with Crippen LogP contribution in [0.15, 0.2) is 28.7 Å². The van der Waals surface area contributed by atoms with Gasteiger partial charge in [0.05, 0.1) is 12.5 Å². The minimum atomic E-state index is -0.319. The molecule has 7 heteroatoms. The average molecular weight is 407 g/mol. The maximum absolute atomic E-state index is 12.1. The molecule has 1 aromatic rings. The number of likely N-dealkylation sites (N-methyl/N-ethyl adjacent to an activating group) is 1. The zero-order valence-electron chi connectivity index (χ0n) is 13.7. The summed E-state index contributed by atoms with van der Waals surface area (Å²) in [6.45, 7) is 6.93. The molecule has 3 N–H and O–H groups in total. The third-order valence-electron chi connectivity index (χ3n) is 3.20. The Labute approximate surface area is 152 Å². The molecule has 0 fully saturated rings. The summed E-state index contributed by atoms with van der Waals surface area (Å²) in [5.41, 5.74) is 0.910. The predicted molar refractivity (Wildman–Crippen MR) is 98.7 cm³/mol. The molecule has 0 saturated heterocycles. The minimum Gasteiger partial charge on any atom is -0.354 e. The molecule has 0 aliphatic carbocycles. The standard InChI is InChI=1S/C16H24BrN3O2.ClH/c1-4-18-11(2)10-19-16(22)9-15(20-12(3)21)13-5-7-14(17)8-6-13;/h5-8,11,15,18H,4,9-10H2,1-3H3,(H,19,22)(H,20,21);1H/t11-,15?;/m1./s1. The van der Waals surface area contributed by atoms with Crippen LogP contribution < -0.4 is 16.0 Å². The first kappa shape index (κ1) is 21.9. The normalized spacial score (nSPS) is 12.7. The largest absolute Gasteiger partial charge is 0.354 e. The summed E-state index contributed by atoms with van der Waals surface area (Å²) in [5.74, 6) is -0.229. The van der Waals surface area contributed by atoms with E-state index in [1.165, 1.54) is 6.92 Å². The number of amides is 2. The van der Waals surface area contributed by atoms with Crippen LogP contribution in [0.1, 0.15) is 38.8 Å². The van der Waals surface area contributed by atoms with Gasteiger partial charge in [-0.1, -0.05) is 35.0 Å². The number of hydrogen-bond acceptors (Lipinski definition) is 3. The first-order valence-corrected chi connectivity index (χ1v) is 8.24. The van der Waals surface area contributed by atoms with Gasteiger partial charge < -0.3 is 16.0 Å². The summed E-state index contributed by atoms with van der Waals surface area (Å²) in [5, 5.41) is 8.95. The van der Waals surface area contributed by atoms with Crippen molar-refractivity contribution in [1.29, 1.82) is 0 Å². The van der Waals surface area contributed by atoms with Crippen LogP contribution in [-0.2, 0) is 9.59 Å². The van der Waals surface area contributed by atoms with E-state index < -0.39 is 0 Å². The van der Waals surface area contributed by atoms with Crippen LogP contribution in [0.2, 0.25) is 0 Å². The minimum absolute atomic E-state index is 0. The summed E-state index contributed by atoms with van der Waals surface area (Å²) in [7, 11) is 0. The van der Waals surface area contributed by atoms with Gasteiger partial charge in [0, 0.05) is 24.0 Å². The maximum Gasteiger partial charge on any atom is 0.222 e. The van der Waals surface area contributed by atoms with E-state index in [1.807, 2.05) is 38.1 Å². The van der Waals surface area contributed by atoms with Gasteiger partial charge in [0.2, 0.25) is 11.8 Å². The quantitative estimate of drug-likeness (QED) is 0.621. The summed E-state index contributed by atoms with van der Waals surface area (Å²) >= 11 is 3.38. The van der Waals surface area contributed by atoms with E-state index in [1.54, 1.807) is 0 Å². The van der Waals surface area contributed by atoms with E-state index >= 15 is 0 Å². The topological polar surface area (TPSA) is 70.2 Å². The van der Waals surface area contributed by atoms with Crippen molar-refractivity contribution in [2.24, 2.45) is 0 Å². The van der Waals surface area contributed by atoms with Gasteiger partial charge in [-0.2, -0.15) is 0 Å². The van der Waals surface area contributed by atoms with Crippen LogP contribution >= 0.6 is 28.3 Å². The predicted octanol–water partition coefficient (Wildman–Crippen LogP) is 2.55. The number of halogens is 2. The first-order chi connectivity index (χ1) is 10.4. The average Bonchev–Trinajstić information content (AvgIpc) is 2.45. The summed E-state index contributed by atoms with van der Waals surface area (Å²) in [6, 6.07) is 7.50. The molecular formula is C16H25BrClN3O2. The maximum atomic E-state index is 12.1. The van der Waals surface area contributed by atoms with Crippen molar-refractivity contribution < 1.29 is 9.59 Å². The number of carbonyl (C=O) groups excluding carboxylic acids is 2. The number of nitrogens with one attached hydrogen (secondary N) is 3. The second-order valence-corrected chi connectivity index (χ2v) is 6.19. The van der Waals surface area contributed by atoms with Crippen LogP contribution in [0.25, 0.3) is 0 Å². The zero-order chi connectivity index (χ0) is 16.5. The van der Waals surface area contributed by atoms with Crippen LogP contribution in [0, 0.1) is 0 Å². The van der Waals surface area contributed by atoms with Crippen molar-refractivity contribution in [3.05, 3.63) is 34.3 Å². The lowest BCUT2D eigenvalue weighted by Crippen LogP contribution is -2.40. The summed E-state index contributed by atoms with van der Waals surface area (Å²) < 4.78 is 0.960. The molecule has 0 aliphatic heterocycles. The van der Waals surface area contributed by atoms with Crippen molar-refractivity contribution >= 4 is 40.2 Å². The molecule has 1 aromatic carbocycles. The summed E-state index contributed by atoms with van der Waals surface area (Å²) in [6.07, 6.45) is 0.222. The molecule has 0 spiro atoms. The number of rotatable bonds is 8. The van der Waals surface area contributed by atoms with Gasteiger partial charge in [0.25, 0.3) is 0 Å². The van der Waals surface area contributed by atoms with Crippen LogP contribution in [-0.4, -0.2) is 30.9 Å². The zero-order valence-corrected chi connectivity index (χ0v) is 16.1. The molecule has 130 valence electrons. The second kappa shape index (κ2) is 11.4. The van der Waals surface area contributed by atoms with Gasteiger partial charge in [-0.25, -0.2) is 0 Å². The smallest absolute Gasteiger partial charge is 0.222 e. The second-order valence-electron chi connectivity index (χ2n) is 5.27. The van der Waals surface area contributed by atoms with Gasteiger partial charge in [-0.05, 0) is 31.2 Å². The lowest BCUT2D eigenvalue weighted by atomic mass is 10.0. The van der Waals surface area contributed by atoms with E-state index in [-0.39, 0.29) is 42.7 Å². The Hall–Kier alpha value is -1.11. The molecule has 0 radical (unpaired) electrons. The molecule has 1 unspecified atom stereocenters.